The molecule has 0 aliphatic heterocycles. The Bertz CT molecular complexity index is 399. The van der Waals surface area contributed by atoms with Crippen LogP contribution in [-0.2, 0) is 14.3 Å². The molecule has 0 aliphatic carbocycles. The molecule has 1 aromatic carbocycles. The zero-order valence-electron chi connectivity index (χ0n) is 12.6. The number of benzene rings is 1. The van der Waals surface area contributed by atoms with E-state index in [0.29, 0.717) is 25.5 Å². The van der Waals surface area contributed by atoms with Crippen molar-refractivity contribution in [1.82, 2.24) is 0 Å². The normalized spacial score (nSPS) is 10.7. The van der Waals surface area contributed by atoms with E-state index in [0.717, 1.165) is 5.75 Å². The van der Waals surface area contributed by atoms with Crippen LogP contribution in [0.5, 0.6) is 5.75 Å². The van der Waals surface area contributed by atoms with E-state index in [1.807, 2.05) is 45.0 Å². The highest BCUT2D eigenvalue weighted by atomic mass is 16.7. The molecule has 0 radical (unpaired) electrons. The molecular formula is C15H23NO4. The summed E-state index contributed by atoms with van der Waals surface area (Å²) in [6.07, 6.45) is -0.708. The van der Waals surface area contributed by atoms with E-state index in [9.17, 15) is 4.79 Å². The fraction of sp³-hybridized carbons (Fsp3) is 0.533. The van der Waals surface area contributed by atoms with Gasteiger partial charge in [0, 0.05) is 25.8 Å². The molecule has 0 N–H and O–H groups in total. The highest BCUT2D eigenvalue weighted by Gasteiger charge is 2.23. The van der Waals surface area contributed by atoms with E-state index in [1.165, 1.54) is 11.8 Å². The Balaban J connectivity index is 2.96. The molecule has 0 spiro atoms. The van der Waals surface area contributed by atoms with Crippen molar-refractivity contribution in [2.75, 3.05) is 24.7 Å². The van der Waals surface area contributed by atoms with Crippen LogP contribution in [0.3, 0.4) is 0 Å². The topological polar surface area (TPSA) is 48.0 Å². The highest BCUT2D eigenvalue weighted by Crippen LogP contribution is 2.22. The molecule has 5 nitrogen and oxygen atoms in total. The lowest BCUT2D eigenvalue weighted by Gasteiger charge is -2.30. The molecule has 1 aromatic rings. The highest BCUT2D eigenvalue weighted by molar-refractivity contribution is 5.91. The van der Waals surface area contributed by atoms with Crippen LogP contribution in [0.4, 0.5) is 5.69 Å². The van der Waals surface area contributed by atoms with Gasteiger partial charge in [0.05, 0.1) is 6.61 Å². The minimum atomic E-state index is -0.708. The summed E-state index contributed by atoms with van der Waals surface area (Å²) in [4.78, 5) is 13.4. The van der Waals surface area contributed by atoms with Crippen molar-refractivity contribution in [2.45, 2.75) is 34.1 Å². The first-order chi connectivity index (χ1) is 9.63. The Morgan fingerprint density at radius 1 is 1.05 bits per heavy atom. The Morgan fingerprint density at radius 2 is 1.60 bits per heavy atom. The van der Waals surface area contributed by atoms with Crippen molar-refractivity contribution >= 4 is 11.6 Å². The number of carbonyl (C=O) groups is 1. The number of rotatable bonds is 8. The zero-order chi connectivity index (χ0) is 15.0. The van der Waals surface area contributed by atoms with E-state index in [2.05, 4.69) is 0 Å². The van der Waals surface area contributed by atoms with Gasteiger partial charge in [-0.05, 0) is 45.0 Å². The maximum atomic E-state index is 11.9. The van der Waals surface area contributed by atoms with Crippen LogP contribution in [-0.4, -0.2) is 32.1 Å². The van der Waals surface area contributed by atoms with Crippen LogP contribution in [0.1, 0.15) is 27.7 Å². The Kier molecular flexibility index (Phi) is 7.04. The van der Waals surface area contributed by atoms with Gasteiger partial charge in [0.15, 0.2) is 0 Å². The largest absolute Gasteiger partial charge is 0.494 e. The van der Waals surface area contributed by atoms with Crippen LogP contribution in [0.25, 0.3) is 0 Å². The molecule has 0 aromatic heterocycles. The predicted molar refractivity (Wildman–Crippen MR) is 77.8 cm³/mol. The first-order valence-corrected chi connectivity index (χ1v) is 6.89. The van der Waals surface area contributed by atoms with Crippen LogP contribution in [0.2, 0.25) is 0 Å². The fourth-order valence-corrected chi connectivity index (χ4v) is 1.80. The van der Waals surface area contributed by atoms with Crippen LogP contribution in [0, 0.1) is 0 Å². The maximum Gasteiger partial charge on any atom is 0.246 e. The van der Waals surface area contributed by atoms with Gasteiger partial charge in [0.2, 0.25) is 12.3 Å². The molecule has 0 heterocycles. The van der Waals surface area contributed by atoms with Gasteiger partial charge < -0.3 is 14.2 Å². The van der Waals surface area contributed by atoms with Crippen molar-refractivity contribution in [3.63, 3.8) is 0 Å². The van der Waals surface area contributed by atoms with Gasteiger partial charge in [-0.25, -0.2) is 0 Å². The Labute approximate surface area is 120 Å². The number of nitrogens with zero attached hydrogens (tertiary/aromatic N) is 1. The predicted octanol–water partition coefficient (Wildman–Crippen LogP) is 2.79. The summed E-state index contributed by atoms with van der Waals surface area (Å²) >= 11 is 0. The quantitative estimate of drug-likeness (QED) is 0.687. The fourth-order valence-electron chi connectivity index (χ4n) is 1.80. The molecule has 0 saturated carbocycles. The van der Waals surface area contributed by atoms with Crippen molar-refractivity contribution < 1.29 is 19.0 Å². The molecule has 5 heteroatoms. The average molecular weight is 281 g/mol. The third-order valence-electron chi connectivity index (χ3n) is 2.59. The summed E-state index contributed by atoms with van der Waals surface area (Å²) in [6.45, 7) is 8.68. The number of ether oxygens (including phenoxy) is 3. The first kappa shape index (κ1) is 16.5. The lowest BCUT2D eigenvalue weighted by atomic mass is 10.2. The third kappa shape index (κ3) is 4.51. The van der Waals surface area contributed by atoms with Crippen molar-refractivity contribution in [2.24, 2.45) is 0 Å². The number of hydrogen-bond donors (Lipinski definition) is 0. The smallest absolute Gasteiger partial charge is 0.246 e. The molecule has 1 amide bonds. The number of carbonyl (C=O) groups excluding carboxylic acids is 1. The molecule has 0 atom stereocenters. The van der Waals surface area contributed by atoms with Crippen molar-refractivity contribution in [3.8, 4) is 5.75 Å². The van der Waals surface area contributed by atoms with E-state index in [4.69, 9.17) is 14.2 Å². The van der Waals surface area contributed by atoms with Gasteiger partial charge in [-0.1, -0.05) is 0 Å². The molecule has 0 saturated heterocycles. The summed E-state index contributed by atoms with van der Waals surface area (Å²) in [5, 5.41) is 0. The third-order valence-corrected chi connectivity index (χ3v) is 2.59. The summed E-state index contributed by atoms with van der Waals surface area (Å²) in [5.41, 5.74) is 0.716. The van der Waals surface area contributed by atoms with Crippen molar-refractivity contribution in [1.29, 1.82) is 0 Å². The Hall–Kier alpha value is -1.59. The minimum absolute atomic E-state index is 0.138. The molecule has 0 unspecified atom stereocenters. The molecule has 0 bridgehead atoms. The summed E-state index contributed by atoms with van der Waals surface area (Å²) in [6, 6.07) is 7.28. The summed E-state index contributed by atoms with van der Waals surface area (Å²) < 4.78 is 16.4. The van der Waals surface area contributed by atoms with Gasteiger partial charge in [0.25, 0.3) is 0 Å². The molecular weight excluding hydrogens is 258 g/mol. The molecule has 1 rings (SSSR count). The number of anilines is 1. The van der Waals surface area contributed by atoms with Crippen LogP contribution >= 0.6 is 0 Å². The summed E-state index contributed by atoms with van der Waals surface area (Å²) in [7, 11) is 0. The van der Waals surface area contributed by atoms with Crippen LogP contribution < -0.4 is 9.64 Å². The number of amides is 1. The van der Waals surface area contributed by atoms with Crippen molar-refractivity contribution in [3.05, 3.63) is 24.3 Å². The lowest BCUT2D eigenvalue weighted by molar-refractivity contribution is -0.149. The lowest BCUT2D eigenvalue weighted by Crippen LogP contribution is -2.42. The van der Waals surface area contributed by atoms with E-state index < -0.39 is 6.41 Å². The second kappa shape index (κ2) is 8.55. The second-order valence-electron chi connectivity index (χ2n) is 4.03. The molecule has 0 aliphatic rings. The van der Waals surface area contributed by atoms with E-state index in [-0.39, 0.29) is 5.91 Å². The number of hydrogen-bond acceptors (Lipinski definition) is 4. The molecule has 112 valence electrons. The minimum Gasteiger partial charge on any atom is -0.494 e. The molecule has 20 heavy (non-hydrogen) atoms. The monoisotopic (exact) mass is 281 g/mol. The van der Waals surface area contributed by atoms with E-state index >= 15 is 0 Å². The zero-order valence-corrected chi connectivity index (χ0v) is 12.6. The van der Waals surface area contributed by atoms with Gasteiger partial charge in [-0.15, -0.1) is 0 Å². The average Bonchev–Trinajstić information content (AvgIpc) is 2.41. The maximum absolute atomic E-state index is 11.9. The van der Waals surface area contributed by atoms with Gasteiger partial charge >= 0.3 is 0 Å². The standard InChI is InChI=1S/C15H23NO4/c1-5-18-14-10-8-13(9-11-14)16(12(4)17)15(19-6-2)20-7-3/h8-11,15H,5-7H2,1-4H3. The first-order valence-electron chi connectivity index (χ1n) is 6.89. The van der Waals surface area contributed by atoms with Crippen LogP contribution in [0.15, 0.2) is 24.3 Å². The van der Waals surface area contributed by atoms with Gasteiger partial charge in [-0.2, -0.15) is 0 Å². The Morgan fingerprint density at radius 3 is 2.00 bits per heavy atom. The SMILES string of the molecule is CCOc1ccc(N(C(C)=O)C(OCC)OCC)cc1. The van der Waals surface area contributed by atoms with Gasteiger partial charge in [-0.3, -0.25) is 9.69 Å². The molecule has 0 fully saturated rings. The summed E-state index contributed by atoms with van der Waals surface area (Å²) in [5.74, 6) is 0.630. The van der Waals surface area contributed by atoms with E-state index in [1.54, 1.807) is 0 Å². The second-order valence-corrected chi connectivity index (χ2v) is 4.03. The van der Waals surface area contributed by atoms with Gasteiger partial charge in [0.1, 0.15) is 5.75 Å².